The summed E-state index contributed by atoms with van der Waals surface area (Å²) in [6, 6.07) is 54.0. The highest BCUT2D eigenvalue weighted by Crippen LogP contribution is 2.57. The molecule has 3 heteroatoms. The number of nitrogens with zero attached hydrogens (tertiary/aromatic N) is 3. The van der Waals surface area contributed by atoms with Crippen LogP contribution in [-0.2, 0) is 5.41 Å². The van der Waals surface area contributed by atoms with E-state index in [2.05, 4.69) is 91.0 Å². The highest BCUT2D eigenvalue weighted by molar-refractivity contribution is 5.93. The van der Waals surface area contributed by atoms with Gasteiger partial charge in [-0.25, -0.2) is 15.0 Å². The molecule has 0 aliphatic heterocycles. The highest BCUT2D eigenvalue weighted by atomic mass is 15.0. The fourth-order valence-electron chi connectivity index (χ4n) is 8.06. The van der Waals surface area contributed by atoms with Crippen LogP contribution in [0.2, 0.25) is 0 Å². The van der Waals surface area contributed by atoms with Crippen LogP contribution in [0.25, 0.3) is 67.5 Å². The van der Waals surface area contributed by atoms with Gasteiger partial charge in [-0.2, -0.15) is 0 Å². The topological polar surface area (TPSA) is 38.7 Å². The molecule has 0 unspecified atom stereocenters. The minimum Gasteiger partial charge on any atom is -0.208 e. The largest absolute Gasteiger partial charge is 0.208 e. The van der Waals surface area contributed by atoms with Gasteiger partial charge in [-0.3, -0.25) is 0 Å². The van der Waals surface area contributed by atoms with Crippen LogP contribution in [0, 0.1) is 0 Å². The number of benzene rings is 6. The van der Waals surface area contributed by atoms with Crippen LogP contribution < -0.4 is 0 Å². The smallest absolute Gasteiger partial charge is 0.164 e. The summed E-state index contributed by atoms with van der Waals surface area (Å²) in [5.74, 6) is 2.00. The van der Waals surface area contributed by atoms with Gasteiger partial charge < -0.3 is 0 Å². The van der Waals surface area contributed by atoms with Gasteiger partial charge >= 0.3 is 0 Å². The fraction of sp³-hybridized carbons (Fsp3) is 0.133. The molecule has 0 saturated heterocycles. The molecule has 2 aliphatic rings. The lowest BCUT2D eigenvalue weighted by Crippen LogP contribution is -2.27. The molecule has 1 aromatic heterocycles. The maximum atomic E-state index is 4.95. The quantitative estimate of drug-likeness (QED) is 0.193. The molecule has 1 spiro atoms. The molecule has 230 valence electrons. The van der Waals surface area contributed by atoms with E-state index < -0.39 is 0 Å². The summed E-state index contributed by atoms with van der Waals surface area (Å²) in [5.41, 5.74) is 13.9. The molecular weight excluding hydrogens is 583 g/mol. The van der Waals surface area contributed by atoms with Crippen LogP contribution in [0.3, 0.4) is 0 Å². The molecule has 7 aromatic rings. The van der Waals surface area contributed by atoms with Crippen molar-refractivity contribution >= 4 is 0 Å². The van der Waals surface area contributed by atoms with Crippen molar-refractivity contribution in [2.75, 3.05) is 0 Å². The van der Waals surface area contributed by atoms with Gasteiger partial charge in [0.15, 0.2) is 17.5 Å². The van der Waals surface area contributed by atoms with E-state index in [4.69, 9.17) is 15.0 Å². The van der Waals surface area contributed by atoms with E-state index in [9.17, 15) is 0 Å². The second kappa shape index (κ2) is 11.8. The first-order valence-electron chi connectivity index (χ1n) is 17.1. The molecule has 1 fully saturated rings. The first-order valence-corrected chi connectivity index (χ1v) is 17.1. The second-order valence-corrected chi connectivity index (χ2v) is 13.1. The van der Waals surface area contributed by atoms with E-state index in [0.29, 0.717) is 17.5 Å². The average Bonchev–Trinajstić information content (AvgIpc) is 3.44. The Kier molecular flexibility index (Phi) is 7.04. The lowest BCUT2D eigenvalue weighted by atomic mass is 9.68. The van der Waals surface area contributed by atoms with Gasteiger partial charge in [-0.05, 0) is 63.4 Å². The minimum atomic E-state index is 0.163. The van der Waals surface area contributed by atoms with E-state index in [1.807, 2.05) is 60.7 Å². The maximum Gasteiger partial charge on any atom is 0.164 e. The molecule has 9 rings (SSSR count). The zero-order valence-corrected chi connectivity index (χ0v) is 26.8. The van der Waals surface area contributed by atoms with Crippen LogP contribution in [0.15, 0.2) is 152 Å². The molecule has 0 N–H and O–H groups in total. The molecule has 0 amide bonds. The number of rotatable bonds is 5. The van der Waals surface area contributed by atoms with E-state index in [-0.39, 0.29) is 5.41 Å². The van der Waals surface area contributed by atoms with Crippen molar-refractivity contribution < 1.29 is 0 Å². The van der Waals surface area contributed by atoms with Crippen molar-refractivity contribution in [1.29, 1.82) is 0 Å². The zero-order chi connectivity index (χ0) is 31.9. The third kappa shape index (κ3) is 4.86. The van der Waals surface area contributed by atoms with Gasteiger partial charge in [-0.15, -0.1) is 0 Å². The molecule has 48 heavy (non-hydrogen) atoms. The average molecular weight is 618 g/mol. The van der Waals surface area contributed by atoms with Crippen LogP contribution in [0.1, 0.15) is 43.2 Å². The number of aromatic nitrogens is 3. The van der Waals surface area contributed by atoms with Gasteiger partial charge in [0.2, 0.25) is 0 Å². The summed E-state index contributed by atoms with van der Waals surface area (Å²) < 4.78 is 0. The first kappa shape index (κ1) is 28.5. The van der Waals surface area contributed by atoms with Gasteiger partial charge in [0.1, 0.15) is 0 Å². The second-order valence-electron chi connectivity index (χ2n) is 13.1. The first-order chi connectivity index (χ1) is 23.8. The number of hydrogen-bond acceptors (Lipinski definition) is 3. The van der Waals surface area contributed by atoms with Crippen molar-refractivity contribution in [3.8, 4) is 67.5 Å². The van der Waals surface area contributed by atoms with Gasteiger partial charge in [0, 0.05) is 22.1 Å². The predicted molar refractivity (Wildman–Crippen MR) is 196 cm³/mol. The Morgan fingerprint density at radius 2 is 0.854 bits per heavy atom. The Morgan fingerprint density at radius 1 is 0.354 bits per heavy atom. The maximum absolute atomic E-state index is 4.95. The molecule has 0 radical (unpaired) electrons. The van der Waals surface area contributed by atoms with Gasteiger partial charge in [0.25, 0.3) is 0 Å². The molecule has 1 heterocycles. The molecular formula is C45H35N3. The van der Waals surface area contributed by atoms with Crippen LogP contribution in [0.5, 0.6) is 0 Å². The van der Waals surface area contributed by atoms with E-state index in [1.54, 1.807) is 0 Å². The zero-order valence-electron chi connectivity index (χ0n) is 26.8. The Hall–Kier alpha value is -5.67. The molecule has 6 aromatic carbocycles. The standard InChI is InChI=1S/C45H35N3/c1-4-14-33(15-5-1)42-46-43(34-16-6-2-7-17-34)48-44(47-42)36-19-12-18-35(30-36)31-24-26-32(27-25-31)37-21-13-23-40-41(37)38-20-8-9-22-39(38)45(40)28-10-3-11-29-45/h1-2,4-9,12-27,30H,3,10-11,28-29H2. The summed E-state index contributed by atoms with van der Waals surface area (Å²) >= 11 is 0. The fourth-order valence-corrected chi connectivity index (χ4v) is 8.06. The highest BCUT2D eigenvalue weighted by Gasteiger charge is 2.44. The SMILES string of the molecule is c1ccc(-c2nc(-c3ccccc3)nc(-c3cccc(-c4ccc(-c5cccc6c5-c5ccccc5C65CCCCC5)cc4)c3)n2)cc1. The van der Waals surface area contributed by atoms with Gasteiger partial charge in [-0.1, -0.05) is 165 Å². The van der Waals surface area contributed by atoms with Crippen molar-refractivity contribution in [1.82, 2.24) is 15.0 Å². The van der Waals surface area contributed by atoms with Crippen molar-refractivity contribution in [2.45, 2.75) is 37.5 Å². The summed E-state index contributed by atoms with van der Waals surface area (Å²) in [7, 11) is 0. The normalized spacial score (nSPS) is 14.4. The minimum absolute atomic E-state index is 0.163. The van der Waals surface area contributed by atoms with E-state index in [1.165, 1.54) is 65.5 Å². The molecule has 0 atom stereocenters. The van der Waals surface area contributed by atoms with E-state index >= 15 is 0 Å². The lowest BCUT2D eigenvalue weighted by Gasteiger charge is -2.36. The Morgan fingerprint density at radius 3 is 1.54 bits per heavy atom. The molecule has 3 nitrogen and oxygen atoms in total. The molecule has 2 aliphatic carbocycles. The predicted octanol–water partition coefficient (Wildman–Crippen LogP) is 11.4. The number of fused-ring (bicyclic) bond motifs is 5. The molecule has 1 saturated carbocycles. The van der Waals surface area contributed by atoms with Crippen LogP contribution in [0.4, 0.5) is 0 Å². The monoisotopic (exact) mass is 617 g/mol. The van der Waals surface area contributed by atoms with Crippen molar-refractivity contribution in [3.63, 3.8) is 0 Å². The third-order valence-electron chi connectivity index (χ3n) is 10.3. The summed E-state index contributed by atoms with van der Waals surface area (Å²) in [6.07, 6.45) is 6.44. The molecule has 0 bridgehead atoms. The summed E-state index contributed by atoms with van der Waals surface area (Å²) in [4.78, 5) is 14.8. The summed E-state index contributed by atoms with van der Waals surface area (Å²) in [6.45, 7) is 0. The Bertz CT molecular complexity index is 2190. The van der Waals surface area contributed by atoms with Gasteiger partial charge in [0.05, 0.1) is 0 Å². The number of hydrogen-bond donors (Lipinski definition) is 0. The van der Waals surface area contributed by atoms with Crippen molar-refractivity contribution in [3.05, 3.63) is 163 Å². The summed E-state index contributed by atoms with van der Waals surface area (Å²) in [5, 5.41) is 0. The third-order valence-corrected chi connectivity index (χ3v) is 10.3. The van der Waals surface area contributed by atoms with E-state index in [0.717, 1.165) is 27.8 Å². The lowest BCUT2D eigenvalue weighted by molar-refractivity contribution is 0.353. The van der Waals surface area contributed by atoms with Crippen LogP contribution in [-0.4, -0.2) is 15.0 Å². The van der Waals surface area contributed by atoms with Crippen molar-refractivity contribution in [2.24, 2.45) is 0 Å². The Balaban J connectivity index is 1.09. The van der Waals surface area contributed by atoms with Crippen LogP contribution >= 0.6 is 0 Å². The Labute approximate surface area is 282 Å².